The summed E-state index contributed by atoms with van der Waals surface area (Å²) in [5, 5.41) is 16.1. The molecule has 2 atom stereocenters. The van der Waals surface area contributed by atoms with Crippen LogP contribution in [-0.4, -0.2) is 126 Å². The topological polar surface area (TPSA) is 241 Å². The highest BCUT2D eigenvalue weighted by Crippen LogP contribution is 2.36. The first-order valence-electron chi connectivity index (χ1n) is 20.9. The number of nitrogens with one attached hydrogen (secondary N) is 1. The number of nitrogens with zero attached hydrogens (tertiary/aromatic N) is 9. The van der Waals surface area contributed by atoms with Gasteiger partial charge in [-0.2, -0.15) is 5.10 Å². The highest BCUT2D eigenvalue weighted by Gasteiger charge is 2.46. The van der Waals surface area contributed by atoms with Crippen LogP contribution in [0.2, 0.25) is 0 Å². The fourth-order valence-electron chi connectivity index (χ4n) is 8.06. The molecule has 20 heteroatoms. The zero-order chi connectivity index (χ0) is 44.2. The third-order valence-electron chi connectivity index (χ3n) is 11.2. The lowest BCUT2D eigenvalue weighted by Gasteiger charge is -2.32. The van der Waals surface area contributed by atoms with Gasteiger partial charge in [-0.05, 0) is 67.8 Å². The van der Waals surface area contributed by atoms with Crippen LogP contribution in [0.1, 0.15) is 62.9 Å². The molecule has 3 aliphatic heterocycles. The number of hydrogen-bond acceptors (Lipinski definition) is 15. The van der Waals surface area contributed by atoms with Crippen molar-refractivity contribution in [2.45, 2.75) is 44.3 Å². The van der Waals surface area contributed by atoms with Crippen LogP contribution in [0.3, 0.4) is 0 Å². The van der Waals surface area contributed by atoms with E-state index in [0.29, 0.717) is 54.5 Å². The monoisotopic (exact) mass is 869 g/mol. The number of carbonyl (C=O) groups excluding carboxylic acids is 5. The van der Waals surface area contributed by atoms with Gasteiger partial charge in [0.25, 0.3) is 17.7 Å². The van der Waals surface area contributed by atoms with Gasteiger partial charge >= 0.3 is 0 Å². The van der Waals surface area contributed by atoms with E-state index in [1.165, 1.54) is 12.4 Å². The normalized spacial score (nSPS) is 17.5. The first-order chi connectivity index (χ1) is 31.2. The summed E-state index contributed by atoms with van der Waals surface area (Å²) in [6, 6.07) is 20.6. The van der Waals surface area contributed by atoms with E-state index in [2.05, 4.69) is 25.6 Å². The fraction of sp³-hybridized carbons (Fsp3) is 0.318. The quantitative estimate of drug-likeness (QED) is 0.105. The molecule has 2 fully saturated rings. The number of fused-ring (bicyclic) bond motifs is 2. The molecule has 0 aliphatic carbocycles. The van der Waals surface area contributed by atoms with Crippen LogP contribution < -0.4 is 20.5 Å². The molecule has 3 aliphatic rings. The SMILES string of the molecule is Nc1ncnc2c1c(-c1ccc(Oc3ccccc3)cc1)nn2C1CCCN(C(=O)c2cn(CCOCCOCCOc3cccc4c3C(=O)N(C3CCC(=O)NC3=O)C4=O)nn2)C1. The molecule has 0 saturated carbocycles. The number of imide groups is 2. The molecule has 0 spiro atoms. The number of aromatic nitrogens is 7. The van der Waals surface area contributed by atoms with E-state index in [0.717, 1.165) is 29.1 Å². The van der Waals surface area contributed by atoms with Crippen LogP contribution in [-0.2, 0) is 25.6 Å². The lowest BCUT2D eigenvalue weighted by Crippen LogP contribution is -2.54. The summed E-state index contributed by atoms with van der Waals surface area (Å²) in [7, 11) is 0. The summed E-state index contributed by atoms with van der Waals surface area (Å²) in [6.07, 6.45) is 4.64. The number of piperidine rings is 2. The average molecular weight is 870 g/mol. The number of amides is 5. The molecule has 64 heavy (non-hydrogen) atoms. The minimum atomic E-state index is -1.06. The number of nitrogen functional groups attached to an aromatic ring is 1. The third-order valence-corrected chi connectivity index (χ3v) is 11.2. The second kappa shape index (κ2) is 18.4. The molecule has 2 saturated heterocycles. The molecule has 2 unspecified atom stereocenters. The van der Waals surface area contributed by atoms with Gasteiger partial charge < -0.3 is 29.6 Å². The van der Waals surface area contributed by atoms with Crippen LogP contribution in [0.5, 0.6) is 17.2 Å². The predicted octanol–water partition coefficient (Wildman–Crippen LogP) is 3.45. The molecule has 328 valence electrons. The van der Waals surface area contributed by atoms with Crippen molar-refractivity contribution < 1.29 is 42.9 Å². The number of likely N-dealkylation sites (tertiary alicyclic amines) is 1. The highest BCUT2D eigenvalue weighted by molar-refractivity contribution is 6.24. The van der Waals surface area contributed by atoms with E-state index in [1.54, 1.807) is 27.9 Å². The molecular formula is C44H43N11O9. The Morgan fingerprint density at radius 3 is 2.44 bits per heavy atom. The van der Waals surface area contributed by atoms with Crippen molar-refractivity contribution in [1.82, 2.24) is 49.9 Å². The maximum Gasteiger partial charge on any atom is 0.276 e. The first kappa shape index (κ1) is 41.8. The molecule has 6 heterocycles. The van der Waals surface area contributed by atoms with Gasteiger partial charge in [-0.1, -0.05) is 29.5 Å². The van der Waals surface area contributed by atoms with Gasteiger partial charge in [-0.15, -0.1) is 5.10 Å². The summed E-state index contributed by atoms with van der Waals surface area (Å²) in [5.41, 5.74) is 8.88. The number of benzene rings is 3. The van der Waals surface area contributed by atoms with E-state index >= 15 is 0 Å². The Labute approximate surface area is 365 Å². The molecule has 5 amide bonds. The van der Waals surface area contributed by atoms with Gasteiger partial charge in [0.15, 0.2) is 11.3 Å². The number of para-hydroxylation sites is 1. The van der Waals surface area contributed by atoms with Gasteiger partial charge in [-0.25, -0.2) is 19.3 Å². The molecule has 3 aromatic heterocycles. The predicted molar refractivity (Wildman–Crippen MR) is 226 cm³/mol. The second-order valence-corrected chi connectivity index (χ2v) is 15.3. The van der Waals surface area contributed by atoms with Crippen molar-refractivity contribution in [2.24, 2.45) is 0 Å². The van der Waals surface area contributed by atoms with Crippen LogP contribution in [0, 0.1) is 0 Å². The molecule has 0 radical (unpaired) electrons. The van der Waals surface area contributed by atoms with Crippen molar-refractivity contribution in [3.8, 4) is 28.5 Å². The Balaban J connectivity index is 0.728. The number of rotatable bonds is 16. The number of carbonyl (C=O) groups is 5. The largest absolute Gasteiger partial charge is 0.490 e. The third kappa shape index (κ3) is 8.59. The van der Waals surface area contributed by atoms with Crippen LogP contribution in [0.25, 0.3) is 22.3 Å². The molecular weight excluding hydrogens is 827 g/mol. The zero-order valence-electron chi connectivity index (χ0n) is 34.5. The molecule has 3 N–H and O–H groups in total. The van der Waals surface area contributed by atoms with Crippen LogP contribution in [0.4, 0.5) is 5.82 Å². The minimum Gasteiger partial charge on any atom is -0.490 e. The zero-order valence-corrected chi connectivity index (χ0v) is 34.5. The smallest absolute Gasteiger partial charge is 0.276 e. The Morgan fingerprint density at radius 1 is 0.844 bits per heavy atom. The number of nitrogens with two attached hydrogens (primary N) is 1. The Morgan fingerprint density at radius 2 is 1.62 bits per heavy atom. The van der Waals surface area contributed by atoms with Crippen molar-refractivity contribution >= 4 is 46.4 Å². The summed E-state index contributed by atoms with van der Waals surface area (Å²) >= 11 is 0. The number of ether oxygens (including phenoxy) is 4. The van der Waals surface area contributed by atoms with E-state index in [4.69, 9.17) is 29.8 Å². The van der Waals surface area contributed by atoms with Gasteiger partial charge in [0.05, 0.1) is 61.7 Å². The van der Waals surface area contributed by atoms with E-state index < -0.39 is 29.7 Å². The lowest BCUT2D eigenvalue weighted by atomic mass is 10.0. The number of hydrogen-bond donors (Lipinski definition) is 2. The average Bonchev–Trinajstić information content (AvgIpc) is 4.02. The molecule has 9 rings (SSSR count). The molecule has 0 bridgehead atoms. The summed E-state index contributed by atoms with van der Waals surface area (Å²) < 4.78 is 26.5. The van der Waals surface area contributed by atoms with Crippen LogP contribution in [0.15, 0.2) is 85.3 Å². The van der Waals surface area contributed by atoms with Gasteiger partial charge in [0, 0.05) is 25.1 Å². The summed E-state index contributed by atoms with van der Waals surface area (Å²) in [5.74, 6) is -0.690. The molecule has 3 aromatic carbocycles. The van der Waals surface area contributed by atoms with Crippen molar-refractivity contribution in [3.63, 3.8) is 0 Å². The summed E-state index contributed by atoms with van der Waals surface area (Å²) in [4.78, 5) is 75.4. The number of anilines is 1. The molecule has 6 aromatic rings. The Hall–Kier alpha value is -7.58. The standard InChI is InChI=1S/C44H43N11O9/c45-39-37-38(27-11-13-30(14-12-27)64-29-7-2-1-3-8-29)50-55(40(37)47-26-46-39)28-6-5-17-52(24-28)43(59)32-25-53(51-49-32)18-19-61-20-21-62-22-23-63-34-10-4-9-31-36(34)44(60)54(42(31)58)33-15-16-35(56)48-41(33)57/h1-4,7-14,25-26,28,33H,5-6,15-24H2,(H2,45,46,47)(H,48,56,57). The van der Waals surface area contributed by atoms with Gasteiger partial charge in [-0.3, -0.25) is 34.2 Å². The van der Waals surface area contributed by atoms with E-state index in [1.807, 2.05) is 59.3 Å². The minimum absolute atomic E-state index is 0.0318. The van der Waals surface area contributed by atoms with Gasteiger partial charge in [0.2, 0.25) is 11.8 Å². The van der Waals surface area contributed by atoms with E-state index in [9.17, 15) is 24.0 Å². The van der Waals surface area contributed by atoms with Gasteiger partial charge in [0.1, 0.15) is 47.7 Å². The maximum absolute atomic E-state index is 13.7. The van der Waals surface area contributed by atoms with Crippen molar-refractivity contribution in [2.75, 3.05) is 51.9 Å². The van der Waals surface area contributed by atoms with Crippen molar-refractivity contribution in [3.05, 3.63) is 102 Å². The van der Waals surface area contributed by atoms with Crippen LogP contribution >= 0.6 is 0 Å². The fourth-order valence-corrected chi connectivity index (χ4v) is 8.06. The maximum atomic E-state index is 13.7. The Kier molecular flexibility index (Phi) is 12.0. The highest BCUT2D eigenvalue weighted by atomic mass is 16.5. The second-order valence-electron chi connectivity index (χ2n) is 15.3. The van der Waals surface area contributed by atoms with E-state index in [-0.39, 0.29) is 73.8 Å². The lowest BCUT2D eigenvalue weighted by molar-refractivity contribution is -0.136. The Bertz CT molecular complexity index is 2720. The summed E-state index contributed by atoms with van der Waals surface area (Å²) in [6.45, 7) is 2.39. The van der Waals surface area contributed by atoms with Crippen molar-refractivity contribution in [1.29, 1.82) is 0 Å². The molecule has 20 nitrogen and oxygen atoms in total. The first-order valence-corrected chi connectivity index (χ1v) is 20.9.